The van der Waals surface area contributed by atoms with Crippen molar-refractivity contribution in [3.05, 3.63) is 83.4 Å². The predicted molar refractivity (Wildman–Crippen MR) is 167 cm³/mol. The molecule has 12 heteroatoms. The van der Waals surface area contributed by atoms with Gasteiger partial charge >= 0.3 is 19.5 Å². The van der Waals surface area contributed by atoms with Gasteiger partial charge in [0.25, 0.3) is 0 Å². The monoisotopic (exact) mass is 641 g/mol. The summed E-state index contributed by atoms with van der Waals surface area (Å²) in [6.07, 6.45) is 0.721. The summed E-state index contributed by atoms with van der Waals surface area (Å²) in [5.41, 5.74) is 2.65. The van der Waals surface area contributed by atoms with Crippen molar-refractivity contribution in [2.24, 2.45) is 11.8 Å². The lowest BCUT2D eigenvalue weighted by atomic mass is 9.85. The fraction of sp³-hybridized carbons (Fsp3) is 0.394. The summed E-state index contributed by atoms with van der Waals surface area (Å²) in [6.45, 7) is 1.94. The summed E-state index contributed by atoms with van der Waals surface area (Å²) < 4.78 is 52.0. The number of ether oxygens (including phenoxy) is 6. The highest BCUT2D eigenvalue weighted by Crippen LogP contribution is 2.47. The zero-order valence-electron chi connectivity index (χ0n) is 26.1. The van der Waals surface area contributed by atoms with Crippen molar-refractivity contribution in [2.45, 2.75) is 32.4 Å². The molecule has 0 bridgehead atoms. The number of carbonyl (C=O) groups excluding carboxylic acids is 2. The van der Waals surface area contributed by atoms with Crippen LogP contribution < -0.4 is 23.8 Å². The van der Waals surface area contributed by atoms with Crippen LogP contribution in [0.1, 0.15) is 23.6 Å². The van der Waals surface area contributed by atoms with E-state index in [0.717, 1.165) is 16.7 Å². The minimum Gasteiger partial charge on any atom is -0.493 e. The summed E-state index contributed by atoms with van der Waals surface area (Å²) >= 11 is 0. The standard InChI is InChI=1S/C33H40NO10P/c1-22(32(35)42-19-23-9-7-6-8-10-23)34-45(37,21-38-2)44-29-14-12-25(18-31(29)41-5)16-27-26(20-43-33(27)36)15-24-11-13-28(39-3)30(17-24)40-4/h6-14,17-18,22,26-27H,15-16,19-21H2,1-5H3,(H,34,37)/t22-,26-,27+,45?/m0/s1. The van der Waals surface area contributed by atoms with E-state index in [1.165, 1.54) is 14.2 Å². The van der Waals surface area contributed by atoms with Gasteiger partial charge in [0, 0.05) is 13.0 Å². The van der Waals surface area contributed by atoms with Gasteiger partial charge < -0.3 is 32.9 Å². The highest BCUT2D eigenvalue weighted by atomic mass is 31.2. The lowest BCUT2D eigenvalue weighted by molar-refractivity contribution is -0.146. The molecule has 1 N–H and O–H groups in total. The predicted octanol–water partition coefficient (Wildman–Crippen LogP) is 5.18. The summed E-state index contributed by atoms with van der Waals surface area (Å²) in [5.74, 6) is 0.478. The second-order valence-corrected chi connectivity index (χ2v) is 12.8. The number of benzene rings is 3. The van der Waals surface area contributed by atoms with Crippen LogP contribution in [0.2, 0.25) is 0 Å². The Balaban J connectivity index is 1.43. The van der Waals surface area contributed by atoms with Gasteiger partial charge in [-0.15, -0.1) is 0 Å². The number of methoxy groups -OCH3 is 4. The van der Waals surface area contributed by atoms with Crippen molar-refractivity contribution in [3.63, 3.8) is 0 Å². The Kier molecular flexibility index (Phi) is 11.9. The van der Waals surface area contributed by atoms with Crippen LogP contribution in [0.4, 0.5) is 0 Å². The van der Waals surface area contributed by atoms with Gasteiger partial charge in [-0.25, -0.2) is 5.09 Å². The molecular weight excluding hydrogens is 601 g/mol. The van der Waals surface area contributed by atoms with Crippen molar-refractivity contribution in [1.29, 1.82) is 0 Å². The molecule has 0 amide bonds. The number of hydrogen-bond donors (Lipinski definition) is 1. The lowest BCUT2D eigenvalue weighted by Crippen LogP contribution is -2.35. The third kappa shape index (κ3) is 9.00. The van der Waals surface area contributed by atoms with Gasteiger partial charge in [-0.3, -0.25) is 14.2 Å². The van der Waals surface area contributed by atoms with E-state index in [0.29, 0.717) is 36.7 Å². The number of hydrogen-bond acceptors (Lipinski definition) is 10. The van der Waals surface area contributed by atoms with Gasteiger partial charge in [0.2, 0.25) is 0 Å². The number of cyclic esters (lactones) is 1. The van der Waals surface area contributed by atoms with E-state index in [1.54, 1.807) is 39.3 Å². The van der Waals surface area contributed by atoms with E-state index in [2.05, 4.69) is 5.09 Å². The Morgan fingerprint density at radius 1 is 0.867 bits per heavy atom. The molecule has 1 saturated heterocycles. The summed E-state index contributed by atoms with van der Waals surface area (Å²) in [6, 6.07) is 19.2. The Morgan fingerprint density at radius 3 is 2.13 bits per heavy atom. The largest absolute Gasteiger partial charge is 0.493 e. The molecule has 0 radical (unpaired) electrons. The van der Waals surface area contributed by atoms with Crippen LogP contribution in [0.5, 0.6) is 23.0 Å². The fourth-order valence-electron chi connectivity index (χ4n) is 5.15. The van der Waals surface area contributed by atoms with Crippen molar-refractivity contribution in [1.82, 2.24) is 5.09 Å². The van der Waals surface area contributed by atoms with Crippen LogP contribution in [0, 0.1) is 11.8 Å². The van der Waals surface area contributed by atoms with Crippen molar-refractivity contribution >= 4 is 19.5 Å². The molecular formula is C33H40NO10P. The molecule has 1 unspecified atom stereocenters. The molecule has 3 aromatic carbocycles. The first kappa shape index (κ1) is 33.8. The van der Waals surface area contributed by atoms with Crippen LogP contribution in [-0.2, 0) is 47.8 Å². The van der Waals surface area contributed by atoms with Crippen LogP contribution in [0.3, 0.4) is 0 Å². The Labute approximate surface area is 263 Å². The summed E-state index contributed by atoms with van der Waals surface area (Å²) in [7, 11) is 2.27. The SMILES string of the molecule is COCP(=O)(N[C@@H](C)C(=O)OCc1ccccc1)Oc1ccc(C[C@H]2C(=O)OC[C@@H]2Cc2ccc(OC)c(OC)c2)cc1OC. The number of rotatable bonds is 16. The first-order chi connectivity index (χ1) is 21.7. The first-order valence-electron chi connectivity index (χ1n) is 14.5. The summed E-state index contributed by atoms with van der Waals surface area (Å²) in [5, 5.41) is 2.75. The molecule has 1 aliphatic heterocycles. The molecule has 1 heterocycles. The molecule has 1 aliphatic rings. The summed E-state index contributed by atoms with van der Waals surface area (Å²) in [4.78, 5) is 25.4. The fourth-order valence-corrected chi connectivity index (χ4v) is 6.84. The minimum absolute atomic E-state index is 0.0493. The van der Waals surface area contributed by atoms with E-state index in [4.69, 9.17) is 32.9 Å². The van der Waals surface area contributed by atoms with E-state index in [1.807, 2.05) is 48.5 Å². The first-order valence-corrected chi connectivity index (χ1v) is 16.3. The Morgan fingerprint density at radius 2 is 1.49 bits per heavy atom. The normalized spacial score (nSPS) is 17.9. The molecule has 1 fully saturated rings. The zero-order valence-corrected chi connectivity index (χ0v) is 27.0. The van der Waals surface area contributed by atoms with E-state index in [-0.39, 0.29) is 36.5 Å². The zero-order chi connectivity index (χ0) is 32.4. The van der Waals surface area contributed by atoms with E-state index in [9.17, 15) is 14.2 Å². The van der Waals surface area contributed by atoms with Gasteiger partial charge in [0.05, 0.1) is 33.9 Å². The average Bonchev–Trinajstić information content (AvgIpc) is 3.38. The maximum absolute atomic E-state index is 13.7. The quantitative estimate of drug-likeness (QED) is 0.164. The van der Waals surface area contributed by atoms with Gasteiger partial charge in [-0.05, 0) is 60.7 Å². The Bertz CT molecular complexity index is 1500. The van der Waals surface area contributed by atoms with Crippen LogP contribution in [-0.4, -0.2) is 59.4 Å². The number of nitrogens with one attached hydrogen (secondary N) is 1. The average molecular weight is 642 g/mol. The molecule has 0 aliphatic carbocycles. The van der Waals surface area contributed by atoms with Gasteiger partial charge in [0.15, 0.2) is 23.0 Å². The molecule has 0 saturated carbocycles. The second-order valence-electron chi connectivity index (χ2n) is 10.7. The maximum atomic E-state index is 13.7. The minimum atomic E-state index is -3.75. The van der Waals surface area contributed by atoms with Crippen LogP contribution >= 0.6 is 7.52 Å². The molecule has 11 nitrogen and oxygen atoms in total. The molecule has 4 rings (SSSR count). The number of esters is 2. The molecule has 45 heavy (non-hydrogen) atoms. The highest BCUT2D eigenvalue weighted by molar-refractivity contribution is 7.57. The topological polar surface area (TPSA) is 128 Å². The van der Waals surface area contributed by atoms with Crippen molar-refractivity contribution < 1.29 is 47.1 Å². The molecule has 242 valence electrons. The molecule has 0 aromatic heterocycles. The smallest absolute Gasteiger partial charge is 0.342 e. The van der Waals surface area contributed by atoms with E-state index >= 15 is 0 Å². The van der Waals surface area contributed by atoms with Gasteiger partial charge in [-0.2, -0.15) is 0 Å². The lowest BCUT2D eigenvalue weighted by Gasteiger charge is -2.24. The Hall–Kier alpha value is -4.05. The van der Waals surface area contributed by atoms with Crippen molar-refractivity contribution in [3.8, 4) is 23.0 Å². The third-order valence-electron chi connectivity index (χ3n) is 7.45. The molecule has 4 atom stereocenters. The second kappa shape index (κ2) is 15.8. The maximum Gasteiger partial charge on any atom is 0.342 e. The van der Waals surface area contributed by atoms with Gasteiger partial charge in [0.1, 0.15) is 19.0 Å². The van der Waals surface area contributed by atoms with Crippen LogP contribution in [0.25, 0.3) is 0 Å². The van der Waals surface area contributed by atoms with Gasteiger partial charge in [-0.1, -0.05) is 42.5 Å². The molecule has 3 aromatic rings. The van der Waals surface area contributed by atoms with E-state index < -0.39 is 19.5 Å². The third-order valence-corrected chi connectivity index (χ3v) is 9.32. The molecule has 0 spiro atoms. The van der Waals surface area contributed by atoms with Crippen molar-refractivity contribution in [2.75, 3.05) is 41.4 Å². The number of carbonyl (C=O) groups is 2. The highest BCUT2D eigenvalue weighted by Gasteiger charge is 2.37. The van der Waals surface area contributed by atoms with Crippen LogP contribution in [0.15, 0.2) is 66.7 Å².